The van der Waals surface area contributed by atoms with Crippen LogP contribution in [0.25, 0.3) is 10.4 Å². The van der Waals surface area contributed by atoms with E-state index in [-0.39, 0.29) is 30.5 Å². The van der Waals surface area contributed by atoms with Crippen LogP contribution < -0.4 is 4.90 Å². The zero-order valence-corrected chi connectivity index (χ0v) is 10.8. The Kier molecular flexibility index (Phi) is 3.78. The summed E-state index contributed by atoms with van der Waals surface area (Å²) in [6.45, 7) is 0.578. The van der Waals surface area contributed by atoms with E-state index >= 15 is 0 Å². The molecule has 0 saturated carbocycles. The predicted molar refractivity (Wildman–Crippen MR) is 66.4 cm³/mol. The van der Waals surface area contributed by atoms with Crippen LogP contribution in [-0.2, 0) is 4.79 Å². The molecule has 94 valence electrons. The van der Waals surface area contributed by atoms with Gasteiger partial charge in [0.2, 0.25) is 11.9 Å². The number of halogens is 2. The molecule has 0 aromatic carbocycles. The fourth-order valence-corrected chi connectivity index (χ4v) is 2.21. The van der Waals surface area contributed by atoms with Crippen LogP contribution in [0.3, 0.4) is 0 Å². The highest BCUT2D eigenvalue weighted by molar-refractivity contribution is 9.10. The highest BCUT2D eigenvalue weighted by atomic mass is 79.9. The van der Waals surface area contributed by atoms with Gasteiger partial charge in [0.25, 0.3) is 0 Å². The van der Waals surface area contributed by atoms with Crippen molar-refractivity contribution in [1.29, 1.82) is 0 Å². The van der Waals surface area contributed by atoms with Gasteiger partial charge in [0.15, 0.2) is 0 Å². The molecule has 1 aromatic heterocycles. The fourth-order valence-electron chi connectivity index (χ4n) is 1.89. The lowest BCUT2D eigenvalue weighted by molar-refractivity contribution is -0.117. The highest BCUT2D eigenvalue weighted by Crippen LogP contribution is 2.28. The van der Waals surface area contributed by atoms with Gasteiger partial charge in [-0.25, -0.2) is 4.98 Å². The molecule has 1 fully saturated rings. The molecule has 0 spiro atoms. The van der Waals surface area contributed by atoms with Crippen molar-refractivity contribution < 1.29 is 9.18 Å². The summed E-state index contributed by atoms with van der Waals surface area (Å²) >= 11 is 3.19. The number of anilines is 1. The molecule has 2 heterocycles. The van der Waals surface area contributed by atoms with Gasteiger partial charge in [-0.15, -0.1) is 0 Å². The first-order valence-corrected chi connectivity index (χ1v) is 6.03. The summed E-state index contributed by atoms with van der Waals surface area (Å²) < 4.78 is 14.2. The number of rotatable bonds is 3. The Morgan fingerprint density at radius 3 is 3.22 bits per heavy atom. The lowest BCUT2D eigenvalue weighted by atomic mass is 10.1. The molecule has 6 nitrogen and oxygen atoms in total. The smallest absolute Gasteiger partial charge is 0.236 e. The predicted octanol–water partition coefficient (Wildman–Crippen LogP) is 2.65. The second-order valence-corrected chi connectivity index (χ2v) is 4.87. The third-order valence-electron chi connectivity index (χ3n) is 2.69. The summed E-state index contributed by atoms with van der Waals surface area (Å²) in [7, 11) is 0. The van der Waals surface area contributed by atoms with E-state index < -0.39 is 5.95 Å². The molecular formula is C10H9BrFN5O. The maximum absolute atomic E-state index is 13.6. The number of nitrogens with zero attached hydrogens (tertiary/aromatic N) is 5. The monoisotopic (exact) mass is 313 g/mol. The van der Waals surface area contributed by atoms with E-state index in [1.807, 2.05) is 0 Å². The zero-order valence-electron chi connectivity index (χ0n) is 9.25. The van der Waals surface area contributed by atoms with Crippen molar-refractivity contribution >= 4 is 27.5 Å². The number of hydrogen-bond donors (Lipinski definition) is 0. The van der Waals surface area contributed by atoms with Crippen molar-refractivity contribution in [1.82, 2.24) is 4.98 Å². The molecule has 1 aromatic rings. The number of hydrogen-bond acceptors (Lipinski definition) is 3. The molecule has 1 unspecified atom stereocenters. The van der Waals surface area contributed by atoms with Gasteiger partial charge < -0.3 is 4.90 Å². The van der Waals surface area contributed by atoms with E-state index in [1.54, 1.807) is 0 Å². The van der Waals surface area contributed by atoms with Gasteiger partial charge >= 0.3 is 0 Å². The Morgan fingerprint density at radius 2 is 2.50 bits per heavy atom. The van der Waals surface area contributed by atoms with Crippen LogP contribution in [-0.4, -0.2) is 24.0 Å². The molecule has 0 N–H and O–H groups in total. The Hall–Kier alpha value is -1.66. The number of azide groups is 1. The van der Waals surface area contributed by atoms with Crippen molar-refractivity contribution in [2.75, 3.05) is 18.0 Å². The first-order valence-electron chi connectivity index (χ1n) is 5.24. The van der Waals surface area contributed by atoms with E-state index in [9.17, 15) is 9.18 Å². The Morgan fingerprint density at radius 1 is 1.72 bits per heavy atom. The van der Waals surface area contributed by atoms with Gasteiger partial charge in [-0.1, -0.05) is 5.11 Å². The average molecular weight is 314 g/mol. The molecule has 0 radical (unpaired) electrons. The number of carbonyl (C=O) groups is 1. The molecule has 1 aliphatic rings. The topological polar surface area (TPSA) is 82.0 Å². The second kappa shape index (κ2) is 5.32. The third-order valence-corrected chi connectivity index (χ3v) is 3.12. The van der Waals surface area contributed by atoms with Crippen LogP contribution in [0.15, 0.2) is 21.9 Å². The summed E-state index contributed by atoms with van der Waals surface area (Å²) in [6, 6.07) is 1.51. The molecule has 18 heavy (non-hydrogen) atoms. The fraction of sp³-hybridized carbons (Fsp3) is 0.400. The SMILES string of the molecule is [N-]=[N+]=NCC1CC(=O)N(c2cc(Br)cnc2F)C1. The Labute approximate surface area is 111 Å². The van der Waals surface area contributed by atoms with Gasteiger partial charge in [0.1, 0.15) is 5.69 Å². The van der Waals surface area contributed by atoms with Crippen molar-refractivity contribution in [2.45, 2.75) is 6.42 Å². The van der Waals surface area contributed by atoms with E-state index in [1.165, 1.54) is 17.2 Å². The van der Waals surface area contributed by atoms with Crippen molar-refractivity contribution in [3.63, 3.8) is 0 Å². The second-order valence-electron chi connectivity index (χ2n) is 3.95. The maximum Gasteiger partial charge on any atom is 0.236 e. The van der Waals surface area contributed by atoms with Gasteiger partial charge in [0, 0.05) is 35.1 Å². The minimum atomic E-state index is -0.684. The third kappa shape index (κ3) is 2.60. The van der Waals surface area contributed by atoms with Gasteiger partial charge in [-0.05, 0) is 33.4 Å². The largest absolute Gasteiger partial charge is 0.308 e. The molecule has 1 atom stereocenters. The van der Waals surface area contributed by atoms with Crippen LogP contribution in [0.4, 0.5) is 10.1 Å². The van der Waals surface area contributed by atoms with E-state index in [0.717, 1.165) is 0 Å². The lowest BCUT2D eigenvalue weighted by Gasteiger charge is -2.16. The number of pyridine rings is 1. The summed E-state index contributed by atoms with van der Waals surface area (Å²) in [4.78, 5) is 19.3. The standard InChI is InChI=1S/C10H9BrFN5O/c11-7-2-8(10(12)14-4-7)17-5-6(1-9(17)18)3-15-16-13/h2,4,6H,1,3,5H2. The molecule has 0 bridgehead atoms. The molecule has 1 amide bonds. The Bertz CT molecular complexity index is 531. The molecule has 8 heteroatoms. The first kappa shape index (κ1) is 12.8. The summed E-state index contributed by atoms with van der Waals surface area (Å²) in [5.41, 5.74) is 8.39. The molecule has 0 aliphatic carbocycles. The van der Waals surface area contributed by atoms with Crippen molar-refractivity contribution in [3.8, 4) is 0 Å². The molecular weight excluding hydrogens is 305 g/mol. The Balaban J connectivity index is 2.21. The zero-order chi connectivity index (χ0) is 13.1. The van der Waals surface area contributed by atoms with Crippen molar-refractivity contribution in [3.05, 3.63) is 33.1 Å². The number of amides is 1. The number of aromatic nitrogens is 1. The van der Waals surface area contributed by atoms with Crippen LogP contribution >= 0.6 is 15.9 Å². The quantitative estimate of drug-likeness (QED) is 0.372. The van der Waals surface area contributed by atoms with Gasteiger partial charge in [0.05, 0.1) is 0 Å². The van der Waals surface area contributed by atoms with E-state index in [4.69, 9.17) is 5.53 Å². The van der Waals surface area contributed by atoms with Gasteiger partial charge in [-0.2, -0.15) is 4.39 Å². The number of carbonyl (C=O) groups excluding carboxylic acids is 1. The summed E-state index contributed by atoms with van der Waals surface area (Å²) in [5, 5.41) is 3.44. The molecule has 2 rings (SSSR count). The highest BCUT2D eigenvalue weighted by Gasteiger charge is 2.32. The van der Waals surface area contributed by atoms with Crippen LogP contribution in [0.5, 0.6) is 0 Å². The minimum absolute atomic E-state index is 0.0771. The first-order chi connectivity index (χ1) is 8.61. The van der Waals surface area contributed by atoms with Crippen LogP contribution in [0, 0.1) is 11.9 Å². The molecule has 1 saturated heterocycles. The van der Waals surface area contributed by atoms with Crippen LogP contribution in [0.1, 0.15) is 6.42 Å². The summed E-state index contributed by atoms with van der Waals surface area (Å²) in [5.74, 6) is -0.949. The average Bonchev–Trinajstić information content (AvgIpc) is 2.71. The van der Waals surface area contributed by atoms with E-state index in [2.05, 4.69) is 30.9 Å². The molecule has 1 aliphatic heterocycles. The summed E-state index contributed by atoms with van der Waals surface area (Å²) in [6.07, 6.45) is 1.59. The van der Waals surface area contributed by atoms with Gasteiger partial charge in [-0.3, -0.25) is 4.79 Å². The lowest BCUT2D eigenvalue weighted by Crippen LogP contribution is -2.26. The van der Waals surface area contributed by atoms with Crippen LogP contribution in [0.2, 0.25) is 0 Å². The van der Waals surface area contributed by atoms with Crippen molar-refractivity contribution in [2.24, 2.45) is 11.0 Å². The minimum Gasteiger partial charge on any atom is -0.308 e. The maximum atomic E-state index is 13.6. The normalized spacial score (nSPS) is 18.9. The van der Waals surface area contributed by atoms with E-state index in [0.29, 0.717) is 11.0 Å².